The van der Waals surface area contributed by atoms with Crippen molar-refractivity contribution in [1.82, 2.24) is 0 Å². The quantitative estimate of drug-likeness (QED) is 0.508. The Morgan fingerprint density at radius 1 is 1.00 bits per heavy atom. The summed E-state index contributed by atoms with van der Waals surface area (Å²) in [6.45, 7) is 15.3. The van der Waals surface area contributed by atoms with E-state index in [-0.39, 0.29) is 17.9 Å². The minimum Gasteiger partial charge on any atom is -0.455 e. The van der Waals surface area contributed by atoms with Crippen LogP contribution in [0.15, 0.2) is 24.3 Å². The second-order valence-electron chi connectivity index (χ2n) is 8.19. The number of benzene rings is 1. The zero-order valence-electron chi connectivity index (χ0n) is 16.8. The van der Waals surface area contributed by atoms with Gasteiger partial charge in [-0.2, -0.15) is 0 Å². The van der Waals surface area contributed by atoms with Gasteiger partial charge in [0.25, 0.3) is 0 Å². The predicted octanol–water partition coefficient (Wildman–Crippen LogP) is 5.10. The SMILES string of the molecule is CC(=O)OC(C)(C)c1ccc(OC(=O)C(C)(CC(C)C)C(C)C)cc1. The fraction of sp³-hybridized carbons (Fsp3) is 0.619. The maximum Gasteiger partial charge on any atom is 0.317 e. The van der Waals surface area contributed by atoms with E-state index in [0.717, 1.165) is 12.0 Å². The molecule has 0 amide bonds. The summed E-state index contributed by atoms with van der Waals surface area (Å²) in [5.41, 5.74) is -0.404. The smallest absolute Gasteiger partial charge is 0.317 e. The molecule has 1 atom stereocenters. The third kappa shape index (κ3) is 5.58. The van der Waals surface area contributed by atoms with Gasteiger partial charge in [0.15, 0.2) is 0 Å². The largest absolute Gasteiger partial charge is 0.455 e. The molecule has 25 heavy (non-hydrogen) atoms. The van der Waals surface area contributed by atoms with Gasteiger partial charge < -0.3 is 9.47 Å². The highest BCUT2D eigenvalue weighted by molar-refractivity contribution is 5.79. The van der Waals surface area contributed by atoms with E-state index in [1.54, 1.807) is 12.1 Å². The van der Waals surface area contributed by atoms with Crippen molar-refractivity contribution in [2.75, 3.05) is 0 Å². The van der Waals surface area contributed by atoms with E-state index in [9.17, 15) is 9.59 Å². The number of hydrogen-bond donors (Lipinski definition) is 0. The van der Waals surface area contributed by atoms with E-state index < -0.39 is 11.0 Å². The zero-order chi connectivity index (χ0) is 19.4. The van der Waals surface area contributed by atoms with Crippen molar-refractivity contribution in [3.8, 4) is 5.75 Å². The number of carbonyl (C=O) groups is 2. The lowest BCUT2D eigenvalue weighted by atomic mass is 9.73. The highest BCUT2D eigenvalue weighted by Crippen LogP contribution is 2.36. The molecule has 1 rings (SSSR count). The van der Waals surface area contributed by atoms with Crippen molar-refractivity contribution in [2.24, 2.45) is 17.3 Å². The van der Waals surface area contributed by atoms with Crippen LogP contribution in [0.3, 0.4) is 0 Å². The Morgan fingerprint density at radius 3 is 1.92 bits per heavy atom. The molecule has 1 aromatic rings. The van der Waals surface area contributed by atoms with Crippen molar-refractivity contribution in [3.63, 3.8) is 0 Å². The van der Waals surface area contributed by atoms with E-state index in [0.29, 0.717) is 11.7 Å². The van der Waals surface area contributed by atoms with Crippen LogP contribution in [-0.4, -0.2) is 11.9 Å². The van der Waals surface area contributed by atoms with Crippen molar-refractivity contribution in [1.29, 1.82) is 0 Å². The second-order valence-corrected chi connectivity index (χ2v) is 8.19. The number of esters is 2. The predicted molar refractivity (Wildman–Crippen MR) is 99.3 cm³/mol. The minimum atomic E-state index is -0.724. The summed E-state index contributed by atoms with van der Waals surface area (Å²) in [5.74, 6) is 0.560. The first-order valence-electron chi connectivity index (χ1n) is 8.91. The van der Waals surface area contributed by atoms with Crippen LogP contribution >= 0.6 is 0 Å². The van der Waals surface area contributed by atoms with E-state index in [2.05, 4.69) is 13.8 Å². The fourth-order valence-electron chi connectivity index (χ4n) is 2.97. The Labute approximate surface area is 151 Å². The average Bonchev–Trinajstić information content (AvgIpc) is 2.45. The van der Waals surface area contributed by atoms with E-state index >= 15 is 0 Å². The van der Waals surface area contributed by atoms with Crippen molar-refractivity contribution < 1.29 is 19.1 Å². The summed E-state index contributed by atoms with van der Waals surface area (Å²) in [4.78, 5) is 24.0. The molecule has 0 spiro atoms. The van der Waals surface area contributed by atoms with Gasteiger partial charge in [-0.3, -0.25) is 9.59 Å². The number of carbonyl (C=O) groups excluding carboxylic acids is 2. The van der Waals surface area contributed by atoms with Gasteiger partial charge in [0.2, 0.25) is 0 Å². The highest BCUT2D eigenvalue weighted by atomic mass is 16.6. The van der Waals surface area contributed by atoms with Crippen LogP contribution in [-0.2, 0) is 19.9 Å². The van der Waals surface area contributed by atoms with Gasteiger partial charge in [0.1, 0.15) is 11.4 Å². The summed E-state index contributed by atoms with van der Waals surface area (Å²) >= 11 is 0. The monoisotopic (exact) mass is 348 g/mol. The van der Waals surface area contributed by atoms with Gasteiger partial charge in [-0.1, -0.05) is 39.8 Å². The fourth-order valence-corrected chi connectivity index (χ4v) is 2.97. The molecule has 0 aliphatic rings. The summed E-state index contributed by atoms with van der Waals surface area (Å²) in [6.07, 6.45) is 0.779. The molecule has 0 saturated heterocycles. The van der Waals surface area contributed by atoms with Crippen LogP contribution in [0.4, 0.5) is 0 Å². The Bertz CT molecular complexity index is 599. The Kier molecular flexibility index (Phi) is 6.81. The van der Waals surface area contributed by atoms with Crippen molar-refractivity contribution in [3.05, 3.63) is 29.8 Å². The summed E-state index contributed by atoms with van der Waals surface area (Å²) < 4.78 is 11.0. The zero-order valence-corrected chi connectivity index (χ0v) is 16.8. The molecule has 0 aliphatic carbocycles. The molecule has 4 nitrogen and oxygen atoms in total. The average molecular weight is 348 g/mol. The maximum atomic E-state index is 12.7. The number of ether oxygens (including phenoxy) is 2. The second kappa shape index (κ2) is 8.03. The standard InChI is InChI=1S/C21H32O4/c1-14(2)13-21(8,15(3)4)19(23)24-18-11-9-17(10-12-18)20(6,7)25-16(5)22/h9-12,14-15H,13H2,1-8H3. The third-order valence-electron chi connectivity index (χ3n) is 4.73. The number of hydrogen-bond acceptors (Lipinski definition) is 4. The summed E-state index contributed by atoms with van der Waals surface area (Å²) in [5, 5.41) is 0. The topological polar surface area (TPSA) is 52.6 Å². The summed E-state index contributed by atoms with van der Waals surface area (Å²) in [7, 11) is 0. The van der Waals surface area contributed by atoms with Gasteiger partial charge in [0.05, 0.1) is 5.41 Å². The maximum absolute atomic E-state index is 12.7. The van der Waals surface area contributed by atoms with Gasteiger partial charge in [-0.05, 0) is 56.7 Å². The van der Waals surface area contributed by atoms with Gasteiger partial charge >= 0.3 is 11.9 Å². The molecule has 0 aliphatic heterocycles. The third-order valence-corrected chi connectivity index (χ3v) is 4.73. The van der Waals surface area contributed by atoms with E-state index in [1.807, 2.05) is 46.8 Å². The molecular formula is C21H32O4. The molecule has 0 heterocycles. The number of rotatable bonds is 7. The molecule has 0 N–H and O–H groups in total. The molecule has 0 aromatic heterocycles. The summed E-state index contributed by atoms with van der Waals surface area (Å²) in [6, 6.07) is 7.13. The molecular weight excluding hydrogens is 316 g/mol. The molecule has 4 heteroatoms. The molecule has 1 aromatic carbocycles. The van der Waals surface area contributed by atoms with Crippen LogP contribution in [0.5, 0.6) is 5.75 Å². The minimum absolute atomic E-state index is 0.185. The van der Waals surface area contributed by atoms with Crippen molar-refractivity contribution >= 4 is 11.9 Å². The lowest BCUT2D eigenvalue weighted by Crippen LogP contribution is -2.38. The first-order valence-corrected chi connectivity index (χ1v) is 8.91. The first kappa shape index (κ1) is 21.2. The highest BCUT2D eigenvalue weighted by Gasteiger charge is 2.39. The molecule has 0 bridgehead atoms. The Balaban J connectivity index is 2.93. The lowest BCUT2D eigenvalue weighted by Gasteiger charge is -2.32. The van der Waals surface area contributed by atoms with Gasteiger partial charge in [-0.15, -0.1) is 0 Å². The van der Waals surface area contributed by atoms with Crippen LogP contribution in [0.2, 0.25) is 0 Å². The van der Waals surface area contributed by atoms with Crippen LogP contribution in [0.1, 0.15) is 67.4 Å². The van der Waals surface area contributed by atoms with Crippen LogP contribution in [0, 0.1) is 17.3 Å². The Hall–Kier alpha value is -1.84. The molecule has 1 unspecified atom stereocenters. The lowest BCUT2D eigenvalue weighted by molar-refractivity contribution is -0.154. The molecule has 0 radical (unpaired) electrons. The molecule has 140 valence electrons. The Morgan fingerprint density at radius 2 is 1.52 bits per heavy atom. The van der Waals surface area contributed by atoms with Crippen LogP contribution in [0.25, 0.3) is 0 Å². The van der Waals surface area contributed by atoms with Crippen LogP contribution < -0.4 is 4.74 Å². The normalized spacial score (nSPS) is 14.3. The van der Waals surface area contributed by atoms with Gasteiger partial charge in [0, 0.05) is 6.92 Å². The van der Waals surface area contributed by atoms with Crippen molar-refractivity contribution in [2.45, 2.75) is 67.4 Å². The van der Waals surface area contributed by atoms with E-state index in [4.69, 9.17) is 9.47 Å². The van der Waals surface area contributed by atoms with Gasteiger partial charge in [-0.25, -0.2) is 0 Å². The first-order chi connectivity index (χ1) is 11.4. The molecule has 0 fully saturated rings. The van der Waals surface area contributed by atoms with E-state index in [1.165, 1.54) is 6.92 Å². The molecule has 0 saturated carbocycles.